The van der Waals surface area contributed by atoms with E-state index in [9.17, 15) is 4.79 Å². The van der Waals surface area contributed by atoms with Crippen molar-refractivity contribution in [2.75, 3.05) is 20.1 Å². The number of hydrogen-bond donors (Lipinski definition) is 1. The molecule has 15 heavy (non-hydrogen) atoms. The third kappa shape index (κ3) is 3.49. The van der Waals surface area contributed by atoms with Gasteiger partial charge < -0.3 is 10.6 Å². The van der Waals surface area contributed by atoms with Crippen LogP contribution in [0.5, 0.6) is 0 Å². The highest BCUT2D eigenvalue weighted by atomic mass is 16.2. The van der Waals surface area contributed by atoms with Crippen molar-refractivity contribution in [1.82, 2.24) is 4.90 Å². The number of nitrogens with two attached hydrogens (primary N) is 1. The molecule has 0 aromatic carbocycles. The number of amides is 1. The van der Waals surface area contributed by atoms with Gasteiger partial charge in [0.05, 0.1) is 5.41 Å². The molecule has 0 aliphatic rings. The third-order valence-electron chi connectivity index (χ3n) is 3.12. The summed E-state index contributed by atoms with van der Waals surface area (Å²) in [4.78, 5) is 14.0. The minimum absolute atomic E-state index is 0.219. The summed E-state index contributed by atoms with van der Waals surface area (Å²) in [5, 5.41) is 0. The third-order valence-corrected chi connectivity index (χ3v) is 3.12. The average Bonchev–Trinajstić information content (AvgIpc) is 2.26. The van der Waals surface area contributed by atoms with Crippen LogP contribution in [0.2, 0.25) is 0 Å². The molecule has 2 N–H and O–H groups in total. The molecule has 3 nitrogen and oxygen atoms in total. The lowest BCUT2D eigenvalue weighted by Gasteiger charge is -2.34. The molecule has 0 aromatic heterocycles. The highest BCUT2D eigenvalue weighted by molar-refractivity contribution is 5.82. The molecule has 0 saturated heterocycles. The minimum atomic E-state index is -0.311. The number of nitrogens with zero attached hydrogens (tertiary/aromatic N) is 1. The van der Waals surface area contributed by atoms with Crippen molar-refractivity contribution in [2.24, 2.45) is 11.1 Å². The van der Waals surface area contributed by atoms with E-state index in [-0.39, 0.29) is 11.3 Å². The highest BCUT2D eigenvalue weighted by Gasteiger charge is 2.36. The Kier molecular flexibility index (Phi) is 6.57. The summed E-state index contributed by atoms with van der Waals surface area (Å²) in [7, 11) is 1.86. The lowest BCUT2D eigenvalue weighted by atomic mass is 9.78. The second-order valence-electron chi connectivity index (χ2n) is 4.30. The van der Waals surface area contributed by atoms with Crippen molar-refractivity contribution >= 4 is 5.91 Å². The van der Waals surface area contributed by atoms with Crippen LogP contribution in [-0.4, -0.2) is 30.9 Å². The summed E-state index contributed by atoms with van der Waals surface area (Å²) < 4.78 is 0. The van der Waals surface area contributed by atoms with E-state index in [2.05, 4.69) is 13.8 Å². The van der Waals surface area contributed by atoms with E-state index in [1.807, 2.05) is 14.0 Å². The molecule has 0 bridgehead atoms. The monoisotopic (exact) mass is 214 g/mol. The van der Waals surface area contributed by atoms with E-state index >= 15 is 0 Å². The minimum Gasteiger partial charge on any atom is -0.346 e. The molecular weight excluding hydrogens is 188 g/mol. The quantitative estimate of drug-likeness (QED) is 0.704. The van der Waals surface area contributed by atoms with Gasteiger partial charge in [0.25, 0.3) is 0 Å². The zero-order valence-electron chi connectivity index (χ0n) is 10.7. The van der Waals surface area contributed by atoms with Crippen LogP contribution in [0, 0.1) is 5.41 Å². The summed E-state index contributed by atoms with van der Waals surface area (Å²) in [5.41, 5.74) is 5.51. The van der Waals surface area contributed by atoms with Crippen LogP contribution in [0.4, 0.5) is 0 Å². The molecular formula is C12H26N2O. The van der Waals surface area contributed by atoms with Crippen LogP contribution in [0.15, 0.2) is 0 Å². The van der Waals surface area contributed by atoms with Crippen molar-refractivity contribution < 1.29 is 4.79 Å². The molecule has 90 valence electrons. The molecule has 0 radical (unpaired) electrons. The second kappa shape index (κ2) is 6.83. The lowest BCUT2D eigenvalue weighted by Crippen LogP contribution is -2.46. The maximum absolute atomic E-state index is 12.3. The zero-order chi connectivity index (χ0) is 11.9. The SMILES string of the molecule is CCCC(CN)(CCC)C(=O)N(C)CC. The molecule has 0 unspecified atom stereocenters. The Hall–Kier alpha value is -0.570. The number of hydrogen-bond acceptors (Lipinski definition) is 2. The molecule has 1 amide bonds. The summed E-state index contributed by atoms with van der Waals surface area (Å²) in [6.45, 7) is 7.45. The first-order valence-electron chi connectivity index (χ1n) is 6.03. The van der Waals surface area contributed by atoms with Gasteiger partial charge in [0.1, 0.15) is 0 Å². The standard InChI is InChI=1S/C12H26N2O/c1-5-8-12(10-13,9-6-2)11(15)14(4)7-3/h5-10,13H2,1-4H3. The van der Waals surface area contributed by atoms with Gasteiger partial charge in [-0.2, -0.15) is 0 Å². The van der Waals surface area contributed by atoms with Crippen molar-refractivity contribution in [3.05, 3.63) is 0 Å². The Bertz CT molecular complexity index is 186. The first-order chi connectivity index (χ1) is 7.07. The van der Waals surface area contributed by atoms with Gasteiger partial charge in [-0.15, -0.1) is 0 Å². The summed E-state index contributed by atoms with van der Waals surface area (Å²) in [6, 6.07) is 0. The topological polar surface area (TPSA) is 46.3 Å². The fraction of sp³-hybridized carbons (Fsp3) is 0.917. The Labute approximate surface area is 94.0 Å². The first kappa shape index (κ1) is 14.4. The van der Waals surface area contributed by atoms with Gasteiger partial charge in [-0.25, -0.2) is 0 Å². The predicted molar refractivity (Wildman–Crippen MR) is 64.6 cm³/mol. The summed E-state index contributed by atoms with van der Waals surface area (Å²) >= 11 is 0. The Balaban J connectivity index is 4.79. The van der Waals surface area contributed by atoms with Gasteiger partial charge in [0, 0.05) is 20.1 Å². The van der Waals surface area contributed by atoms with E-state index in [1.165, 1.54) is 0 Å². The van der Waals surface area contributed by atoms with Crippen molar-refractivity contribution in [3.63, 3.8) is 0 Å². The van der Waals surface area contributed by atoms with Crippen molar-refractivity contribution in [3.8, 4) is 0 Å². The van der Waals surface area contributed by atoms with Gasteiger partial charge in [-0.05, 0) is 19.8 Å². The first-order valence-corrected chi connectivity index (χ1v) is 6.03. The Morgan fingerprint density at radius 2 is 1.67 bits per heavy atom. The number of carbonyl (C=O) groups excluding carboxylic acids is 1. The molecule has 3 heteroatoms. The van der Waals surface area contributed by atoms with Crippen molar-refractivity contribution in [2.45, 2.75) is 46.5 Å². The zero-order valence-corrected chi connectivity index (χ0v) is 10.7. The molecule has 0 fully saturated rings. The van der Waals surface area contributed by atoms with Crippen molar-refractivity contribution in [1.29, 1.82) is 0 Å². The van der Waals surface area contributed by atoms with Gasteiger partial charge in [-0.3, -0.25) is 4.79 Å². The van der Waals surface area contributed by atoms with E-state index < -0.39 is 0 Å². The maximum Gasteiger partial charge on any atom is 0.229 e. The van der Waals surface area contributed by atoms with E-state index in [4.69, 9.17) is 5.73 Å². The molecule has 0 aliphatic heterocycles. The van der Waals surface area contributed by atoms with Crippen LogP contribution >= 0.6 is 0 Å². The normalized spacial score (nSPS) is 11.5. The fourth-order valence-electron chi connectivity index (χ4n) is 2.14. The highest BCUT2D eigenvalue weighted by Crippen LogP contribution is 2.30. The van der Waals surface area contributed by atoms with Gasteiger partial charge in [0.15, 0.2) is 0 Å². The molecule has 0 aliphatic carbocycles. The smallest absolute Gasteiger partial charge is 0.229 e. The lowest BCUT2D eigenvalue weighted by molar-refractivity contribution is -0.141. The maximum atomic E-state index is 12.3. The Morgan fingerprint density at radius 3 is 1.93 bits per heavy atom. The molecule has 0 rings (SSSR count). The largest absolute Gasteiger partial charge is 0.346 e. The van der Waals surface area contributed by atoms with Crippen LogP contribution < -0.4 is 5.73 Å². The van der Waals surface area contributed by atoms with Crippen LogP contribution in [0.1, 0.15) is 46.5 Å². The molecule has 0 aromatic rings. The van der Waals surface area contributed by atoms with E-state index in [0.29, 0.717) is 6.54 Å². The molecule has 0 atom stereocenters. The summed E-state index contributed by atoms with van der Waals surface area (Å²) in [5.74, 6) is 0.219. The van der Waals surface area contributed by atoms with Crippen LogP contribution in [-0.2, 0) is 4.79 Å². The van der Waals surface area contributed by atoms with Gasteiger partial charge in [-0.1, -0.05) is 26.7 Å². The Morgan fingerprint density at radius 1 is 1.20 bits per heavy atom. The summed E-state index contributed by atoms with van der Waals surface area (Å²) in [6.07, 6.45) is 3.84. The van der Waals surface area contributed by atoms with Crippen LogP contribution in [0.3, 0.4) is 0 Å². The van der Waals surface area contributed by atoms with E-state index in [0.717, 1.165) is 32.2 Å². The van der Waals surface area contributed by atoms with Crippen LogP contribution in [0.25, 0.3) is 0 Å². The number of carbonyl (C=O) groups is 1. The van der Waals surface area contributed by atoms with Gasteiger partial charge >= 0.3 is 0 Å². The fourth-order valence-corrected chi connectivity index (χ4v) is 2.14. The predicted octanol–water partition coefficient (Wildman–Crippen LogP) is 2.01. The van der Waals surface area contributed by atoms with Gasteiger partial charge in [0.2, 0.25) is 5.91 Å². The second-order valence-corrected chi connectivity index (χ2v) is 4.30. The molecule has 0 heterocycles. The average molecular weight is 214 g/mol. The molecule has 0 spiro atoms. The molecule has 0 saturated carbocycles. The van der Waals surface area contributed by atoms with E-state index in [1.54, 1.807) is 4.90 Å². The number of rotatable bonds is 7.